The predicted molar refractivity (Wildman–Crippen MR) is 82.4 cm³/mol. The first-order chi connectivity index (χ1) is 9.61. The highest BCUT2D eigenvalue weighted by atomic mass is 16.1. The summed E-state index contributed by atoms with van der Waals surface area (Å²) in [4.78, 5) is 14.3. The van der Waals surface area contributed by atoms with Gasteiger partial charge in [0.15, 0.2) is 0 Å². The normalized spacial score (nSPS) is 16.2. The van der Waals surface area contributed by atoms with Crippen LogP contribution in [0, 0.1) is 5.92 Å². The van der Waals surface area contributed by atoms with Crippen molar-refractivity contribution in [3.8, 4) is 0 Å². The highest BCUT2D eigenvalue weighted by Crippen LogP contribution is 2.34. The van der Waals surface area contributed by atoms with Gasteiger partial charge in [-0.05, 0) is 44.4 Å². The van der Waals surface area contributed by atoms with E-state index in [2.05, 4.69) is 24.2 Å². The molecule has 2 rings (SSSR count). The predicted octanol–water partition coefficient (Wildman–Crippen LogP) is 2.20. The van der Waals surface area contributed by atoms with Gasteiger partial charge in [0.25, 0.3) is 0 Å². The topological polar surface area (TPSA) is 58.4 Å². The summed E-state index contributed by atoms with van der Waals surface area (Å²) < 4.78 is 0. The van der Waals surface area contributed by atoms with E-state index in [1.165, 1.54) is 12.8 Å². The van der Waals surface area contributed by atoms with E-state index < -0.39 is 0 Å². The van der Waals surface area contributed by atoms with Crippen molar-refractivity contribution < 1.29 is 4.79 Å². The molecule has 3 N–H and O–H groups in total. The van der Waals surface area contributed by atoms with Gasteiger partial charge in [-0.2, -0.15) is 0 Å². The van der Waals surface area contributed by atoms with Crippen LogP contribution in [-0.2, 0) is 11.3 Å². The molecule has 110 valence electrons. The number of nitrogens with two attached hydrogens (primary N) is 1. The zero-order valence-electron chi connectivity index (χ0n) is 12.4. The molecule has 1 aliphatic rings. The van der Waals surface area contributed by atoms with Crippen LogP contribution in [0.3, 0.4) is 0 Å². The molecule has 0 aromatic heterocycles. The van der Waals surface area contributed by atoms with Crippen LogP contribution in [0.5, 0.6) is 0 Å². The fourth-order valence-corrected chi connectivity index (χ4v) is 2.45. The Kier molecular flexibility index (Phi) is 5.15. The molecule has 0 aliphatic heterocycles. The van der Waals surface area contributed by atoms with Crippen molar-refractivity contribution >= 4 is 11.6 Å². The fraction of sp³-hybridized carbons (Fsp3) is 0.562. The van der Waals surface area contributed by atoms with Gasteiger partial charge in [0, 0.05) is 31.2 Å². The van der Waals surface area contributed by atoms with Gasteiger partial charge in [0.05, 0.1) is 0 Å². The Balaban J connectivity index is 1.80. The maximum Gasteiger partial charge on any atom is 0.225 e. The maximum atomic E-state index is 12.0. The molecule has 20 heavy (non-hydrogen) atoms. The zero-order chi connectivity index (χ0) is 14.5. The molecule has 1 unspecified atom stereocenters. The van der Waals surface area contributed by atoms with E-state index in [-0.39, 0.29) is 5.91 Å². The second-order valence-electron chi connectivity index (χ2n) is 5.72. The van der Waals surface area contributed by atoms with Gasteiger partial charge in [-0.3, -0.25) is 4.79 Å². The second-order valence-corrected chi connectivity index (χ2v) is 5.72. The maximum absolute atomic E-state index is 12.0. The third kappa shape index (κ3) is 4.05. The molecule has 0 bridgehead atoms. The van der Waals surface area contributed by atoms with E-state index in [0.717, 1.165) is 23.7 Å². The number of para-hydroxylation sites is 1. The smallest absolute Gasteiger partial charge is 0.225 e. The third-order valence-corrected chi connectivity index (χ3v) is 4.20. The van der Waals surface area contributed by atoms with Gasteiger partial charge < -0.3 is 16.0 Å². The van der Waals surface area contributed by atoms with Crippen LogP contribution in [0.1, 0.15) is 31.7 Å². The summed E-state index contributed by atoms with van der Waals surface area (Å²) >= 11 is 0. The molecule has 1 aromatic rings. The number of carbonyl (C=O) groups excluding carboxylic acids is 1. The van der Waals surface area contributed by atoms with E-state index in [1.54, 1.807) is 0 Å². The quantitative estimate of drug-likeness (QED) is 0.802. The van der Waals surface area contributed by atoms with Crippen LogP contribution < -0.4 is 11.1 Å². The fourth-order valence-electron chi connectivity index (χ4n) is 2.45. The molecular weight excluding hydrogens is 250 g/mol. The molecule has 4 heteroatoms. The summed E-state index contributed by atoms with van der Waals surface area (Å²) in [5.74, 6) is 0.891. The lowest BCUT2D eigenvalue weighted by molar-refractivity contribution is -0.116. The van der Waals surface area contributed by atoms with Crippen molar-refractivity contribution in [2.24, 2.45) is 11.7 Å². The van der Waals surface area contributed by atoms with Crippen LogP contribution in [-0.4, -0.2) is 30.4 Å². The molecular formula is C16H25N3O. The van der Waals surface area contributed by atoms with Gasteiger partial charge in [-0.25, -0.2) is 0 Å². The summed E-state index contributed by atoms with van der Waals surface area (Å²) in [6.45, 7) is 3.49. The van der Waals surface area contributed by atoms with Crippen molar-refractivity contribution in [2.75, 3.05) is 18.9 Å². The number of hydrogen-bond acceptors (Lipinski definition) is 3. The number of anilines is 1. The van der Waals surface area contributed by atoms with Crippen molar-refractivity contribution in [1.82, 2.24) is 4.90 Å². The van der Waals surface area contributed by atoms with Crippen molar-refractivity contribution in [3.63, 3.8) is 0 Å². The SMILES string of the molecule is CC(C1CC1)N(C)CCC(=O)Nc1ccccc1CN. The number of rotatable bonds is 7. The molecule has 1 amide bonds. The monoisotopic (exact) mass is 275 g/mol. The van der Waals surface area contributed by atoms with E-state index >= 15 is 0 Å². The van der Waals surface area contributed by atoms with Crippen molar-refractivity contribution in [2.45, 2.75) is 38.8 Å². The van der Waals surface area contributed by atoms with E-state index in [1.807, 2.05) is 24.3 Å². The standard InChI is InChI=1S/C16H25N3O/c1-12(13-7-8-13)19(2)10-9-16(20)18-15-6-4-3-5-14(15)11-17/h3-6,12-13H,7-11,17H2,1-2H3,(H,18,20). The summed E-state index contributed by atoms with van der Waals surface area (Å²) in [5, 5.41) is 2.95. The van der Waals surface area contributed by atoms with Crippen molar-refractivity contribution in [1.29, 1.82) is 0 Å². The Bertz CT molecular complexity index is 457. The van der Waals surface area contributed by atoms with Crippen LogP contribution in [0.25, 0.3) is 0 Å². The van der Waals surface area contributed by atoms with Gasteiger partial charge in [0.1, 0.15) is 0 Å². The van der Waals surface area contributed by atoms with Gasteiger partial charge in [-0.1, -0.05) is 18.2 Å². The van der Waals surface area contributed by atoms with Crippen molar-refractivity contribution in [3.05, 3.63) is 29.8 Å². The minimum atomic E-state index is 0.0562. The van der Waals surface area contributed by atoms with Gasteiger partial charge in [0.2, 0.25) is 5.91 Å². The first-order valence-corrected chi connectivity index (χ1v) is 7.40. The average Bonchev–Trinajstić information content (AvgIpc) is 3.29. The molecule has 1 fully saturated rings. The Hall–Kier alpha value is -1.39. The molecule has 0 spiro atoms. The number of hydrogen-bond donors (Lipinski definition) is 2. The molecule has 1 saturated carbocycles. The van der Waals surface area contributed by atoms with E-state index in [4.69, 9.17) is 5.73 Å². The minimum Gasteiger partial charge on any atom is -0.326 e. The number of nitrogens with one attached hydrogen (secondary N) is 1. The Morgan fingerprint density at radius 3 is 2.80 bits per heavy atom. The Morgan fingerprint density at radius 1 is 1.45 bits per heavy atom. The lowest BCUT2D eigenvalue weighted by Crippen LogP contribution is -2.33. The highest BCUT2D eigenvalue weighted by molar-refractivity contribution is 5.91. The van der Waals surface area contributed by atoms with Crippen LogP contribution in [0.2, 0.25) is 0 Å². The molecule has 4 nitrogen and oxygen atoms in total. The number of amides is 1. The number of nitrogens with zero attached hydrogens (tertiary/aromatic N) is 1. The lowest BCUT2D eigenvalue weighted by atomic mass is 10.1. The second kappa shape index (κ2) is 6.86. The zero-order valence-corrected chi connectivity index (χ0v) is 12.4. The third-order valence-electron chi connectivity index (χ3n) is 4.20. The van der Waals surface area contributed by atoms with Crippen LogP contribution in [0.15, 0.2) is 24.3 Å². The molecule has 0 radical (unpaired) electrons. The molecule has 1 aromatic carbocycles. The van der Waals surface area contributed by atoms with Gasteiger partial charge >= 0.3 is 0 Å². The molecule has 1 aliphatic carbocycles. The van der Waals surface area contributed by atoms with E-state index in [0.29, 0.717) is 19.0 Å². The number of benzene rings is 1. The average molecular weight is 275 g/mol. The minimum absolute atomic E-state index is 0.0562. The molecule has 0 heterocycles. The van der Waals surface area contributed by atoms with E-state index in [9.17, 15) is 4.79 Å². The summed E-state index contributed by atoms with van der Waals surface area (Å²) in [5.41, 5.74) is 7.47. The summed E-state index contributed by atoms with van der Waals surface area (Å²) in [6.07, 6.45) is 3.19. The van der Waals surface area contributed by atoms with Crippen LogP contribution in [0.4, 0.5) is 5.69 Å². The highest BCUT2D eigenvalue weighted by Gasteiger charge is 2.30. The summed E-state index contributed by atoms with van der Waals surface area (Å²) in [7, 11) is 2.10. The first-order valence-electron chi connectivity index (χ1n) is 7.40. The number of carbonyl (C=O) groups is 1. The Morgan fingerprint density at radius 2 is 2.15 bits per heavy atom. The molecule has 1 atom stereocenters. The van der Waals surface area contributed by atoms with Gasteiger partial charge in [-0.15, -0.1) is 0 Å². The van der Waals surface area contributed by atoms with Crippen LogP contribution >= 0.6 is 0 Å². The summed E-state index contributed by atoms with van der Waals surface area (Å²) in [6, 6.07) is 8.27. The largest absolute Gasteiger partial charge is 0.326 e. The molecule has 0 saturated heterocycles. The lowest BCUT2D eigenvalue weighted by Gasteiger charge is -2.24. The Labute approximate surface area is 121 Å². The first kappa shape index (κ1) is 15.0.